The molecule has 0 atom stereocenters. The lowest BCUT2D eigenvalue weighted by Gasteiger charge is -2.20. The molecule has 5 nitrogen and oxygen atoms in total. The molecule has 94 valence electrons. The van der Waals surface area contributed by atoms with Crippen LogP contribution in [0.4, 0.5) is 0 Å². The Hall–Kier alpha value is -0.810. The molecular weight excluding hydrogens is 230 g/mol. The first-order valence-corrected chi connectivity index (χ1v) is 5.19. The monoisotopic (exact) mass is 249 g/mol. The van der Waals surface area contributed by atoms with Gasteiger partial charge in [-0.3, -0.25) is 9.59 Å². The highest BCUT2D eigenvalue weighted by molar-refractivity contribution is 5.92. The molecule has 0 aliphatic heterocycles. The molecule has 0 heterocycles. The second-order valence-corrected chi connectivity index (χ2v) is 4.54. The van der Waals surface area contributed by atoms with Crippen LogP contribution in [0.2, 0.25) is 0 Å². The van der Waals surface area contributed by atoms with E-state index in [2.05, 4.69) is 5.32 Å². The maximum Gasteiger partial charge on any atom is 0.242 e. The molecule has 0 spiro atoms. The summed E-state index contributed by atoms with van der Waals surface area (Å²) in [6.07, 6.45) is 1.45. The third-order valence-electron chi connectivity index (χ3n) is 2.39. The van der Waals surface area contributed by atoms with Crippen molar-refractivity contribution in [2.45, 2.75) is 38.3 Å². The second-order valence-electron chi connectivity index (χ2n) is 4.54. The van der Waals surface area contributed by atoms with Crippen molar-refractivity contribution in [1.29, 1.82) is 0 Å². The molecule has 1 aliphatic carbocycles. The fourth-order valence-electron chi connectivity index (χ4n) is 1.38. The summed E-state index contributed by atoms with van der Waals surface area (Å²) in [5.74, 6) is -0.286. The largest absolute Gasteiger partial charge is 0.352 e. The van der Waals surface area contributed by atoms with Crippen molar-refractivity contribution in [3.8, 4) is 0 Å². The highest BCUT2D eigenvalue weighted by Crippen LogP contribution is 2.33. The molecule has 0 unspecified atom stereocenters. The number of amides is 2. The lowest BCUT2D eigenvalue weighted by molar-refractivity contribution is -0.136. The average molecular weight is 250 g/mol. The molecule has 0 radical (unpaired) electrons. The third kappa shape index (κ3) is 3.98. The molecule has 0 bridgehead atoms. The van der Waals surface area contributed by atoms with Crippen LogP contribution < -0.4 is 11.1 Å². The smallest absolute Gasteiger partial charge is 0.242 e. The van der Waals surface area contributed by atoms with Crippen molar-refractivity contribution in [2.75, 3.05) is 13.6 Å². The van der Waals surface area contributed by atoms with E-state index in [4.69, 9.17) is 5.73 Å². The molecule has 1 rings (SSSR count). The molecule has 1 saturated carbocycles. The number of hydrogen-bond donors (Lipinski definition) is 2. The first-order chi connectivity index (χ1) is 6.85. The van der Waals surface area contributed by atoms with Gasteiger partial charge in [-0.2, -0.15) is 0 Å². The average Bonchev–Trinajstić information content (AvgIpc) is 2.81. The topological polar surface area (TPSA) is 75.4 Å². The standard InChI is InChI=1S/C10H19N3O2.ClH/c1-7(2)12-8(14)6-13(3)9(15)10(11)4-5-10;/h7H,4-6,11H2,1-3H3,(H,12,14);1H. The van der Waals surface area contributed by atoms with Gasteiger partial charge in [0, 0.05) is 13.1 Å². The number of likely N-dealkylation sites (N-methyl/N-ethyl adjacent to an activating group) is 1. The summed E-state index contributed by atoms with van der Waals surface area (Å²) >= 11 is 0. The lowest BCUT2D eigenvalue weighted by atomic mass is 10.2. The molecule has 0 aromatic heterocycles. The molecule has 6 heteroatoms. The van der Waals surface area contributed by atoms with Crippen LogP contribution in [0, 0.1) is 0 Å². The number of nitrogens with zero attached hydrogens (tertiary/aromatic N) is 1. The van der Waals surface area contributed by atoms with Crippen LogP contribution >= 0.6 is 12.4 Å². The normalized spacial score (nSPS) is 16.3. The minimum Gasteiger partial charge on any atom is -0.352 e. The molecule has 3 N–H and O–H groups in total. The highest BCUT2D eigenvalue weighted by atomic mass is 35.5. The zero-order chi connectivity index (χ0) is 11.6. The molecule has 2 amide bonds. The third-order valence-corrected chi connectivity index (χ3v) is 2.39. The molecule has 1 fully saturated rings. The van der Waals surface area contributed by atoms with E-state index < -0.39 is 5.54 Å². The Kier molecular flexibility index (Phi) is 5.22. The van der Waals surface area contributed by atoms with E-state index in [1.807, 2.05) is 13.8 Å². The second kappa shape index (κ2) is 5.50. The maximum absolute atomic E-state index is 11.7. The van der Waals surface area contributed by atoms with Crippen LogP contribution in [-0.2, 0) is 9.59 Å². The van der Waals surface area contributed by atoms with Crippen LogP contribution in [0.25, 0.3) is 0 Å². The SMILES string of the molecule is CC(C)NC(=O)CN(C)C(=O)C1(N)CC1.Cl. The zero-order valence-electron chi connectivity index (χ0n) is 9.95. The molecular formula is C10H20ClN3O2. The molecule has 16 heavy (non-hydrogen) atoms. The quantitative estimate of drug-likeness (QED) is 0.730. The number of carbonyl (C=O) groups is 2. The highest BCUT2D eigenvalue weighted by Gasteiger charge is 2.47. The number of nitrogens with one attached hydrogen (secondary N) is 1. The molecule has 0 aromatic carbocycles. The summed E-state index contributed by atoms with van der Waals surface area (Å²) in [7, 11) is 1.61. The summed E-state index contributed by atoms with van der Waals surface area (Å²) in [6, 6.07) is 0.0914. The van der Waals surface area contributed by atoms with Crippen molar-refractivity contribution in [2.24, 2.45) is 5.73 Å². The molecule has 1 aliphatic rings. The van der Waals surface area contributed by atoms with E-state index in [0.717, 1.165) is 12.8 Å². The first kappa shape index (κ1) is 15.2. The number of nitrogens with two attached hydrogens (primary N) is 1. The Morgan fingerprint density at radius 2 is 1.94 bits per heavy atom. The van der Waals surface area contributed by atoms with Crippen molar-refractivity contribution < 1.29 is 9.59 Å². The van der Waals surface area contributed by atoms with Crippen LogP contribution in [0.3, 0.4) is 0 Å². The summed E-state index contributed by atoms with van der Waals surface area (Å²) < 4.78 is 0. The van der Waals surface area contributed by atoms with E-state index in [9.17, 15) is 9.59 Å². The van der Waals surface area contributed by atoms with Gasteiger partial charge in [-0.05, 0) is 26.7 Å². The Morgan fingerprint density at radius 3 is 2.31 bits per heavy atom. The van der Waals surface area contributed by atoms with Gasteiger partial charge in [-0.15, -0.1) is 12.4 Å². The Bertz CT molecular complexity index is 277. The number of carbonyl (C=O) groups excluding carboxylic acids is 2. The predicted molar refractivity (Wildman–Crippen MR) is 64.3 cm³/mol. The van der Waals surface area contributed by atoms with Crippen molar-refractivity contribution in [1.82, 2.24) is 10.2 Å². The summed E-state index contributed by atoms with van der Waals surface area (Å²) in [4.78, 5) is 24.4. The van der Waals surface area contributed by atoms with Gasteiger partial charge in [0.2, 0.25) is 11.8 Å². The Morgan fingerprint density at radius 1 is 1.44 bits per heavy atom. The fourth-order valence-corrected chi connectivity index (χ4v) is 1.38. The predicted octanol–water partition coefficient (Wildman–Crippen LogP) is -0.117. The van der Waals surface area contributed by atoms with Crippen molar-refractivity contribution in [3.05, 3.63) is 0 Å². The summed E-state index contributed by atoms with van der Waals surface area (Å²) in [6.45, 7) is 3.84. The van der Waals surface area contributed by atoms with Gasteiger partial charge in [0.1, 0.15) is 0 Å². The van der Waals surface area contributed by atoms with Crippen LogP contribution in [0.1, 0.15) is 26.7 Å². The van der Waals surface area contributed by atoms with Gasteiger partial charge in [-0.1, -0.05) is 0 Å². The van der Waals surface area contributed by atoms with Gasteiger partial charge in [0.05, 0.1) is 12.1 Å². The number of hydrogen-bond acceptors (Lipinski definition) is 3. The molecule has 0 saturated heterocycles. The molecule has 0 aromatic rings. The van der Waals surface area contributed by atoms with Gasteiger partial charge < -0.3 is 16.0 Å². The van der Waals surface area contributed by atoms with E-state index in [1.165, 1.54) is 4.90 Å². The number of rotatable bonds is 4. The van der Waals surface area contributed by atoms with Crippen molar-refractivity contribution >= 4 is 24.2 Å². The minimum atomic E-state index is -0.688. The van der Waals surface area contributed by atoms with Gasteiger partial charge >= 0.3 is 0 Å². The van der Waals surface area contributed by atoms with Gasteiger partial charge in [0.15, 0.2) is 0 Å². The van der Waals surface area contributed by atoms with Gasteiger partial charge in [-0.25, -0.2) is 0 Å². The minimum absolute atomic E-state index is 0. The summed E-state index contributed by atoms with van der Waals surface area (Å²) in [5.41, 5.74) is 5.06. The number of halogens is 1. The summed E-state index contributed by atoms with van der Waals surface area (Å²) in [5, 5.41) is 2.73. The van der Waals surface area contributed by atoms with E-state index in [1.54, 1.807) is 7.05 Å². The van der Waals surface area contributed by atoms with Crippen LogP contribution in [0.15, 0.2) is 0 Å². The Labute approximate surface area is 102 Å². The first-order valence-electron chi connectivity index (χ1n) is 5.19. The van der Waals surface area contributed by atoms with E-state index in [-0.39, 0.29) is 36.8 Å². The lowest BCUT2D eigenvalue weighted by Crippen LogP contribution is -2.48. The van der Waals surface area contributed by atoms with E-state index in [0.29, 0.717) is 0 Å². The van der Waals surface area contributed by atoms with Crippen molar-refractivity contribution in [3.63, 3.8) is 0 Å². The van der Waals surface area contributed by atoms with Gasteiger partial charge in [0.25, 0.3) is 0 Å². The zero-order valence-corrected chi connectivity index (χ0v) is 10.8. The Balaban J connectivity index is 0.00000225. The fraction of sp³-hybridized carbons (Fsp3) is 0.800. The maximum atomic E-state index is 11.7. The van der Waals surface area contributed by atoms with E-state index >= 15 is 0 Å². The van der Waals surface area contributed by atoms with Crippen LogP contribution in [-0.4, -0.2) is 41.9 Å². The van der Waals surface area contributed by atoms with Crippen LogP contribution in [0.5, 0.6) is 0 Å².